The fourth-order valence-electron chi connectivity index (χ4n) is 1.67. The number of methoxy groups -OCH3 is 2. The van der Waals surface area contributed by atoms with Crippen LogP contribution < -0.4 is 15.2 Å². The maximum Gasteiger partial charge on any atom is 0.390 e. The summed E-state index contributed by atoms with van der Waals surface area (Å²) in [5.41, 5.74) is 5.88. The standard InChI is InChI=1S/C13H17F3N2O3/c1-18(5-4-13(14,15)16)12(19)9-6-8(20-2)7-10(21-3)11(9)17/h6-7H,4-5,17H2,1-3H3. The van der Waals surface area contributed by atoms with Gasteiger partial charge in [-0.05, 0) is 6.07 Å². The second-order valence-electron chi connectivity index (χ2n) is 4.38. The molecule has 0 atom stereocenters. The highest BCUT2D eigenvalue weighted by molar-refractivity contribution is 6.00. The molecule has 1 rings (SSSR count). The summed E-state index contributed by atoms with van der Waals surface area (Å²) >= 11 is 0. The van der Waals surface area contributed by atoms with Crippen LogP contribution in [0, 0.1) is 0 Å². The molecule has 0 aliphatic rings. The highest BCUT2D eigenvalue weighted by Crippen LogP contribution is 2.32. The molecule has 1 aromatic carbocycles. The van der Waals surface area contributed by atoms with E-state index in [4.69, 9.17) is 15.2 Å². The number of anilines is 1. The van der Waals surface area contributed by atoms with E-state index in [-0.39, 0.29) is 17.0 Å². The molecule has 21 heavy (non-hydrogen) atoms. The van der Waals surface area contributed by atoms with Crippen molar-refractivity contribution in [1.29, 1.82) is 0 Å². The van der Waals surface area contributed by atoms with E-state index in [9.17, 15) is 18.0 Å². The first-order chi connectivity index (χ1) is 9.69. The van der Waals surface area contributed by atoms with E-state index in [0.29, 0.717) is 5.75 Å². The van der Waals surface area contributed by atoms with Gasteiger partial charge >= 0.3 is 6.18 Å². The van der Waals surface area contributed by atoms with Crippen LogP contribution >= 0.6 is 0 Å². The Hall–Kier alpha value is -2.12. The molecule has 5 nitrogen and oxygen atoms in total. The Balaban J connectivity index is 3.00. The van der Waals surface area contributed by atoms with Gasteiger partial charge in [0, 0.05) is 19.7 Å². The maximum absolute atomic E-state index is 12.2. The van der Waals surface area contributed by atoms with Gasteiger partial charge in [0.15, 0.2) is 0 Å². The maximum atomic E-state index is 12.2. The van der Waals surface area contributed by atoms with Crippen molar-refractivity contribution in [2.75, 3.05) is 33.5 Å². The number of amides is 1. The highest BCUT2D eigenvalue weighted by Gasteiger charge is 2.29. The van der Waals surface area contributed by atoms with Crippen molar-refractivity contribution in [2.24, 2.45) is 0 Å². The zero-order valence-electron chi connectivity index (χ0n) is 12.0. The summed E-state index contributed by atoms with van der Waals surface area (Å²) in [6.07, 6.45) is -5.41. The van der Waals surface area contributed by atoms with Crippen molar-refractivity contribution < 1.29 is 27.4 Å². The molecule has 0 aliphatic heterocycles. The molecule has 1 aromatic rings. The van der Waals surface area contributed by atoms with Gasteiger partial charge in [0.05, 0.1) is 31.9 Å². The Morgan fingerprint density at radius 1 is 1.29 bits per heavy atom. The predicted octanol–water partition coefficient (Wildman–Crippen LogP) is 2.31. The van der Waals surface area contributed by atoms with E-state index in [2.05, 4.69) is 0 Å². The smallest absolute Gasteiger partial charge is 0.390 e. The molecule has 8 heteroatoms. The van der Waals surface area contributed by atoms with Crippen molar-refractivity contribution in [3.05, 3.63) is 17.7 Å². The van der Waals surface area contributed by atoms with Crippen LogP contribution in [0.3, 0.4) is 0 Å². The number of halogens is 3. The SMILES string of the molecule is COc1cc(OC)c(N)c(C(=O)N(C)CCC(F)(F)F)c1. The molecule has 1 amide bonds. The number of carbonyl (C=O) groups is 1. The minimum Gasteiger partial charge on any atom is -0.497 e. The van der Waals surface area contributed by atoms with Crippen LogP contribution in [0.4, 0.5) is 18.9 Å². The van der Waals surface area contributed by atoms with Gasteiger partial charge in [0.25, 0.3) is 5.91 Å². The summed E-state index contributed by atoms with van der Waals surface area (Å²) in [4.78, 5) is 13.1. The molecule has 0 bridgehead atoms. The zero-order valence-corrected chi connectivity index (χ0v) is 12.0. The molecule has 0 saturated heterocycles. The van der Waals surface area contributed by atoms with Crippen LogP contribution in [0.25, 0.3) is 0 Å². The average Bonchev–Trinajstić information content (AvgIpc) is 2.43. The highest BCUT2D eigenvalue weighted by atomic mass is 19.4. The monoisotopic (exact) mass is 306 g/mol. The summed E-state index contributed by atoms with van der Waals surface area (Å²) in [6.45, 7) is -0.457. The lowest BCUT2D eigenvalue weighted by Crippen LogP contribution is -2.31. The fraction of sp³-hybridized carbons (Fsp3) is 0.462. The summed E-state index contributed by atoms with van der Waals surface area (Å²) in [7, 11) is 4.04. The quantitative estimate of drug-likeness (QED) is 0.848. The second kappa shape index (κ2) is 6.55. The lowest BCUT2D eigenvalue weighted by Gasteiger charge is -2.20. The molecule has 2 N–H and O–H groups in total. The number of nitrogen functional groups attached to an aromatic ring is 1. The molecule has 0 aromatic heterocycles. The fourth-order valence-corrected chi connectivity index (χ4v) is 1.67. The third kappa shape index (κ3) is 4.44. The van der Waals surface area contributed by atoms with Gasteiger partial charge in [0.1, 0.15) is 11.5 Å². The lowest BCUT2D eigenvalue weighted by atomic mass is 10.1. The molecular formula is C13H17F3N2O3. The van der Waals surface area contributed by atoms with Crippen molar-refractivity contribution in [3.63, 3.8) is 0 Å². The molecule has 0 saturated carbocycles. The molecule has 118 valence electrons. The van der Waals surface area contributed by atoms with Gasteiger partial charge in [-0.25, -0.2) is 0 Å². The predicted molar refractivity (Wildman–Crippen MR) is 71.6 cm³/mol. The van der Waals surface area contributed by atoms with E-state index in [1.165, 1.54) is 33.4 Å². The zero-order chi connectivity index (χ0) is 16.2. The summed E-state index contributed by atoms with van der Waals surface area (Å²) in [5, 5.41) is 0. The second-order valence-corrected chi connectivity index (χ2v) is 4.38. The summed E-state index contributed by atoms with van der Waals surface area (Å²) in [5.74, 6) is -0.0792. The third-order valence-electron chi connectivity index (χ3n) is 2.88. The average molecular weight is 306 g/mol. The van der Waals surface area contributed by atoms with Crippen molar-refractivity contribution in [1.82, 2.24) is 4.90 Å². The first-order valence-electron chi connectivity index (χ1n) is 6.03. The van der Waals surface area contributed by atoms with E-state index in [1.54, 1.807) is 0 Å². The van der Waals surface area contributed by atoms with Crippen molar-refractivity contribution >= 4 is 11.6 Å². The van der Waals surface area contributed by atoms with Crippen LogP contribution in [0.5, 0.6) is 11.5 Å². The largest absolute Gasteiger partial charge is 0.497 e. The number of hydrogen-bond donors (Lipinski definition) is 1. The number of carbonyl (C=O) groups excluding carboxylic acids is 1. The number of benzene rings is 1. The van der Waals surface area contributed by atoms with E-state index < -0.39 is 25.0 Å². The minimum atomic E-state index is -4.33. The molecule has 0 fully saturated rings. The van der Waals surface area contributed by atoms with Gasteiger partial charge in [-0.2, -0.15) is 13.2 Å². The molecule has 0 aliphatic carbocycles. The molecular weight excluding hydrogens is 289 g/mol. The molecule has 0 unspecified atom stereocenters. The Labute approximate surface area is 120 Å². The Morgan fingerprint density at radius 3 is 2.38 bits per heavy atom. The van der Waals surface area contributed by atoms with E-state index in [1.807, 2.05) is 0 Å². The lowest BCUT2D eigenvalue weighted by molar-refractivity contribution is -0.136. The Morgan fingerprint density at radius 2 is 1.90 bits per heavy atom. The van der Waals surface area contributed by atoms with Gasteiger partial charge in [-0.3, -0.25) is 4.79 Å². The van der Waals surface area contributed by atoms with Gasteiger partial charge in [0.2, 0.25) is 0 Å². The van der Waals surface area contributed by atoms with Crippen LogP contribution in [-0.4, -0.2) is 44.8 Å². The van der Waals surface area contributed by atoms with Crippen LogP contribution in [0.15, 0.2) is 12.1 Å². The number of nitrogens with zero attached hydrogens (tertiary/aromatic N) is 1. The van der Waals surface area contributed by atoms with E-state index >= 15 is 0 Å². The van der Waals surface area contributed by atoms with Crippen LogP contribution in [-0.2, 0) is 0 Å². The van der Waals surface area contributed by atoms with Gasteiger partial charge in [-0.1, -0.05) is 0 Å². The molecule has 0 heterocycles. The molecule has 0 radical (unpaired) electrons. The first-order valence-corrected chi connectivity index (χ1v) is 6.03. The van der Waals surface area contributed by atoms with Gasteiger partial charge < -0.3 is 20.1 Å². The van der Waals surface area contributed by atoms with E-state index in [0.717, 1.165) is 4.90 Å². The first kappa shape index (κ1) is 16.9. The van der Waals surface area contributed by atoms with Gasteiger partial charge in [-0.15, -0.1) is 0 Å². The number of alkyl halides is 3. The Kier molecular flexibility index (Phi) is 5.28. The number of nitrogens with two attached hydrogens (primary N) is 1. The van der Waals surface area contributed by atoms with Crippen LogP contribution in [0.1, 0.15) is 16.8 Å². The van der Waals surface area contributed by atoms with Crippen LogP contribution in [0.2, 0.25) is 0 Å². The normalized spacial score (nSPS) is 11.1. The topological polar surface area (TPSA) is 64.8 Å². The number of ether oxygens (including phenoxy) is 2. The third-order valence-corrected chi connectivity index (χ3v) is 2.88. The summed E-state index contributed by atoms with van der Waals surface area (Å²) < 4.78 is 46.6. The Bertz CT molecular complexity index is 518. The van der Waals surface area contributed by atoms with Crippen molar-refractivity contribution in [2.45, 2.75) is 12.6 Å². The molecule has 0 spiro atoms. The summed E-state index contributed by atoms with van der Waals surface area (Å²) in [6, 6.07) is 2.85. The number of rotatable bonds is 5. The minimum absolute atomic E-state index is 0.0378. The number of hydrogen-bond acceptors (Lipinski definition) is 4. The van der Waals surface area contributed by atoms with Crippen molar-refractivity contribution in [3.8, 4) is 11.5 Å².